The van der Waals surface area contributed by atoms with Crippen molar-refractivity contribution in [2.24, 2.45) is 0 Å². The van der Waals surface area contributed by atoms with E-state index in [0.29, 0.717) is 16.7 Å². The number of carbonyl (C=O) groups excluding carboxylic acids is 1. The Labute approximate surface area is 156 Å². The van der Waals surface area contributed by atoms with E-state index >= 15 is 0 Å². The number of thiazole rings is 1. The van der Waals surface area contributed by atoms with E-state index in [2.05, 4.69) is 39.6 Å². The van der Waals surface area contributed by atoms with E-state index in [1.165, 1.54) is 17.0 Å². The van der Waals surface area contributed by atoms with Crippen LogP contribution in [-0.2, 0) is 9.53 Å². The number of morpholine rings is 1. The van der Waals surface area contributed by atoms with Crippen molar-refractivity contribution >= 4 is 55.6 Å². The molecule has 1 fully saturated rings. The predicted molar refractivity (Wildman–Crippen MR) is 107 cm³/mol. The van der Waals surface area contributed by atoms with Crippen LogP contribution >= 0.6 is 23.6 Å². The van der Waals surface area contributed by atoms with Crippen LogP contribution < -0.4 is 15.5 Å². The minimum Gasteiger partial charge on any atom is -0.378 e. The number of ether oxygens (including phenoxy) is 1. The summed E-state index contributed by atoms with van der Waals surface area (Å²) in [5, 5.41) is 6.70. The van der Waals surface area contributed by atoms with E-state index in [1.54, 1.807) is 0 Å². The van der Waals surface area contributed by atoms with Gasteiger partial charge in [-0.05, 0) is 36.8 Å². The fraction of sp³-hybridized carbons (Fsp3) is 0.471. The summed E-state index contributed by atoms with van der Waals surface area (Å²) in [5.74, 6) is -0.0601. The summed E-state index contributed by atoms with van der Waals surface area (Å²) in [5.41, 5.74) is 2.10. The quantitative estimate of drug-likeness (QED) is 0.779. The molecule has 0 radical (unpaired) electrons. The van der Waals surface area contributed by atoms with Crippen molar-refractivity contribution < 1.29 is 9.53 Å². The average Bonchev–Trinajstić information content (AvgIpc) is 3.01. The number of rotatable bonds is 5. The third-order valence-corrected chi connectivity index (χ3v) is 5.12. The molecule has 1 amide bonds. The summed E-state index contributed by atoms with van der Waals surface area (Å²) in [6.07, 6.45) is 2.33. The lowest BCUT2D eigenvalue weighted by Crippen LogP contribution is -2.36. The molecule has 0 saturated carbocycles. The number of hydrogen-bond acceptors (Lipinski definition) is 6. The molecule has 0 unspecified atom stereocenters. The number of thiocarbonyl (C=S) groups is 1. The van der Waals surface area contributed by atoms with E-state index in [1.807, 2.05) is 6.07 Å². The van der Waals surface area contributed by atoms with Gasteiger partial charge in [-0.15, -0.1) is 0 Å². The highest BCUT2D eigenvalue weighted by Crippen LogP contribution is 2.30. The molecule has 2 aromatic rings. The number of aromatic nitrogens is 1. The Morgan fingerprint density at radius 2 is 2.20 bits per heavy atom. The Hall–Kier alpha value is -1.77. The molecule has 1 aromatic heterocycles. The van der Waals surface area contributed by atoms with Gasteiger partial charge in [-0.1, -0.05) is 24.7 Å². The van der Waals surface area contributed by atoms with Gasteiger partial charge in [-0.2, -0.15) is 0 Å². The van der Waals surface area contributed by atoms with Crippen molar-refractivity contribution in [3.05, 3.63) is 18.2 Å². The van der Waals surface area contributed by atoms with Crippen LogP contribution in [0.25, 0.3) is 10.2 Å². The van der Waals surface area contributed by atoms with Gasteiger partial charge in [0.05, 0.1) is 23.4 Å². The molecule has 2 heterocycles. The smallest absolute Gasteiger partial charge is 0.226 e. The Morgan fingerprint density at radius 3 is 2.96 bits per heavy atom. The third-order valence-electron chi connectivity index (χ3n) is 3.98. The molecule has 8 heteroatoms. The first kappa shape index (κ1) is 18.0. The van der Waals surface area contributed by atoms with Crippen LogP contribution in [0, 0.1) is 0 Å². The normalized spacial score (nSPS) is 14.5. The largest absolute Gasteiger partial charge is 0.378 e. The minimum atomic E-state index is -0.0601. The second kappa shape index (κ2) is 8.55. The van der Waals surface area contributed by atoms with E-state index in [-0.39, 0.29) is 5.91 Å². The molecule has 6 nitrogen and oxygen atoms in total. The van der Waals surface area contributed by atoms with Gasteiger partial charge in [-0.3, -0.25) is 4.79 Å². The molecule has 2 N–H and O–H groups in total. The number of fused-ring (bicyclic) bond motifs is 1. The summed E-state index contributed by atoms with van der Waals surface area (Å²) in [4.78, 5) is 18.6. The molecule has 1 aliphatic rings. The van der Waals surface area contributed by atoms with E-state index in [4.69, 9.17) is 17.0 Å². The monoisotopic (exact) mass is 378 g/mol. The van der Waals surface area contributed by atoms with Gasteiger partial charge in [0, 0.05) is 25.2 Å². The fourth-order valence-electron chi connectivity index (χ4n) is 2.64. The summed E-state index contributed by atoms with van der Waals surface area (Å²) in [6.45, 7) is 5.39. The average molecular weight is 379 g/mol. The zero-order chi connectivity index (χ0) is 17.6. The Balaban J connectivity index is 1.64. The molecule has 1 saturated heterocycles. The first-order valence-electron chi connectivity index (χ1n) is 8.50. The van der Waals surface area contributed by atoms with E-state index < -0.39 is 0 Å². The molecule has 0 bridgehead atoms. The highest BCUT2D eigenvalue weighted by Gasteiger charge is 2.13. The van der Waals surface area contributed by atoms with Crippen molar-refractivity contribution in [2.75, 3.05) is 36.5 Å². The highest BCUT2D eigenvalue weighted by atomic mass is 32.1. The number of nitrogens with one attached hydrogen (secondary N) is 2. The molecule has 0 aliphatic carbocycles. The lowest BCUT2D eigenvalue weighted by Gasteiger charge is -2.28. The van der Waals surface area contributed by atoms with Gasteiger partial charge < -0.3 is 20.3 Å². The molecular formula is C17H22N4O2S2. The number of hydrogen-bond donors (Lipinski definition) is 2. The second-order valence-corrected chi connectivity index (χ2v) is 7.32. The molecule has 1 aromatic carbocycles. The van der Waals surface area contributed by atoms with E-state index in [0.717, 1.165) is 49.4 Å². The lowest BCUT2D eigenvalue weighted by molar-refractivity contribution is -0.119. The lowest BCUT2D eigenvalue weighted by atomic mass is 10.2. The Morgan fingerprint density at radius 1 is 1.40 bits per heavy atom. The highest BCUT2D eigenvalue weighted by molar-refractivity contribution is 7.80. The maximum atomic E-state index is 11.7. The number of nitrogens with zero attached hydrogens (tertiary/aromatic N) is 2. The van der Waals surface area contributed by atoms with Gasteiger partial charge in [0.25, 0.3) is 0 Å². The zero-order valence-corrected chi connectivity index (χ0v) is 15.8. The molecule has 1 aliphatic heterocycles. The third kappa shape index (κ3) is 4.87. The van der Waals surface area contributed by atoms with Crippen molar-refractivity contribution in [1.29, 1.82) is 0 Å². The number of anilines is 2. The topological polar surface area (TPSA) is 66.5 Å². The summed E-state index contributed by atoms with van der Waals surface area (Å²) in [7, 11) is 0. The van der Waals surface area contributed by atoms with Crippen molar-refractivity contribution in [3.63, 3.8) is 0 Å². The Bertz CT molecular complexity index is 756. The SMILES string of the molecule is CCCCC(=O)NC(=S)Nc1nc2ccc(N3CCOCC3)cc2s1. The molecule has 134 valence electrons. The Kier molecular flexibility index (Phi) is 6.17. The number of carbonyl (C=O) groups is 1. The van der Waals surface area contributed by atoms with Gasteiger partial charge in [0.15, 0.2) is 10.2 Å². The van der Waals surface area contributed by atoms with Crippen LogP contribution in [0.2, 0.25) is 0 Å². The molecule has 0 spiro atoms. The van der Waals surface area contributed by atoms with Gasteiger partial charge in [0.2, 0.25) is 5.91 Å². The van der Waals surface area contributed by atoms with Crippen molar-refractivity contribution in [3.8, 4) is 0 Å². The van der Waals surface area contributed by atoms with Crippen molar-refractivity contribution in [2.45, 2.75) is 26.2 Å². The van der Waals surface area contributed by atoms with Gasteiger partial charge >= 0.3 is 0 Å². The minimum absolute atomic E-state index is 0.0601. The van der Waals surface area contributed by atoms with Gasteiger partial charge in [-0.25, -0.2) is 4.98 Å². The van der Waals surface area contributed by atoms with Crippen molar-refractivity contribution in [1.82, 2.24) is 10.3 Å². The van der Waals surface area contributed by atoms with Crippen LogP contribution in [0.1, 0.15) is 26.2 Å². The van der Waals surface area contributed by atoms with Crippen LogP contribution in [0.15, 0.2) is 18.2 Å². The van der Waals surface area contributed by atoms with Crippen LogP contribution in [-0.4, -0.2) is 42.3 Å². The number of amides is 1. The predicted octanol–water partition coefficient (Wildman–Crippen LogP) is 3.14. The first-order valence-corrected chi connectivity index (χ1v) is 9.72. The summed E-state index contributed by atoms with van der Waals surface area (Å²) >= 11 is 6.73. The molecule has 0 atom stereocenters. The van der Waals surface area contributed by atoms with E-state index in [9.17, 15) is 4.79 Å². The van der Waals surface area contributed by atoms with Crippen LogP contribution in [0.4, 0.5) is 10.8 Å². The zero-order valence-electron chi connectivity index (χ0n) is 14.2. The molecule has 25 heavy (non-hydrogen) atoms. The second-order valence-electron chi connectivity index (χ2n) is 5.88. The maximum Gasteiger partial charge on any atom is 0.226 e. The number of benzene rings is 1. The summed E-state index contributed by atoms with van der Waals surface area (Å²) < 4.78 is 6.49. The van der Waals surface area contributed by atoms with Gasteiger partial charge in [0.1, 0.15) is 0 Å². The van der Waals surface area contributed by atoms with Crippen LogP contribution in [0.5, 0.6) is 0 Å². The molecular weight excluding hydrogens is 356 g/mol. The standard InChI is InChI=1S/C17H22N4O2S2/c1-2-3-4-15(22)19-16(24)20-17-18-13-6-5-12(11-14(13)25-17)21-7-9-23-10-8-21/h5-6,11H,2-4,7-10H2,1H3,(H2,18,19,20,22,24). The first-order chi connectivity index (χ1) is 12.2. The summed E-state index contributed by atoms with van der Waals surface area (Å²) in [6, 6.07) is 6.25. The maximum absolute atomic E-state index is 11.7. The number of unbranched alkanes of at least 4 members (excludes halogenated alkanes) is 1. The van der Waals surface area contributed by atoms with Crippen LogP contribution in [0.3, 0.4) is 0 Å². The molecule has 3 rings (SSSR count). The fourth-order valence-corrected chi connectivity index (χ4v) is 3.82.